The average molecular weight is 627 g/mol. The molecule has 2 rings (SSSR count). The van der Waals surface area contributed by atoms with Crippen LogP contribution in [0.2, 0.25) is 0 Å². The zero-order valence-corrected chi connectivity index (χ0v) is 26.2. The molecule has 0 bridgehead atoms. The molecule has 0 radical (unpaired) electrons. The molecular formula is C28H46N6O8S-2. The van der Waals surface area contributed by atoms with Crippen molar-refractivity contribution in [2.24, 2.45) is 32.9 Å². The van der Waals surface area contributed by atoms with E-state index in [2.05, 4.69) is 37.7 Å². The van der Waals surface area contributed by atoms with Gasteiger partial charge in [0.25, 0.3) is 0 Å². The van der Waals surface area contributed by atoms with Crippen LogP contribution < -0.4 is 41.9 Å². The van der Waals surface area contributed by atoms with Gasteiger partial charge < -0.3 is 51.0 Å². The van der Waals surface area contributed by atoms with E-state index in [-0.39, 0.29) is 11.9 Å². The number of rotatable bonds is 16. The summed E-state index contributed by atoms with van der Waals surface area (Å²) in [7, 11) is -5.17. The van der Waals surface area contributed by atoms with Gasteiger partial charge in [0, 0.05) is 10.4 Å². The number of nitrogens with zero attached hydrogens (tertiary/aromatic N) is 2. The van der Waals surface area contributed by atoms with Crippen LogP contribution in [0.5, 0.6) is 23.0 Å². The maximum atomic E-state index is 8.52. The van der Waals surface area contributed by atoms with Crippen molar-refractivity contribution in [2.75, 3.05) is 26.4 Å². The highest BCUT2D eigenvalue weighted by molar-refractivity contribution is 7.79. The molecule has 8 N–H and O–H groups in total. The summed E-state index contributed by atoms with van der Waals surface area (Å²) in [6, 6.07) is 11.5. The van der Waals surface area contributed by atoms with Gasteiger partial charge in [-0.15, -0.1) is 0 Å². The topological polar surface area (TPSA) is 246 Å². The lowest BCUT2D eigenvalue weighted by molar-refractivity contribution is 0.268. The summed E-state index contributed by atoms with van der Waals surface area (Å²) in [5, 5.41) is 0. The van der Waals surface area contributed by atoms with E-state index in [1.54, 1.807) is 0 Å². The summed E-state index contributed by atoms with van der Waals surface area (Å²) in [6.07, 6.45) is 3.82. The van der Waals surface area contributed by atoms with Gasteiger partial charge >= 0.3 is 0 Å². The molecule has 0 amide bonds. The van der Waals surface area contributed by atoms with Crippen LogP contribution in [-0.2, 0) is 23.5 Å². The van der Waals surface area contributed by atoms with E-state index in [0.29, 0.717) is 39.5 Å². The Balaban J connectivity index is 0.000000709. The fourth-order valence-corrected chi connectivity index (χ4v) is 2.98. The maximum Gasteiger partial charge on any atom is 0.186 e. The molecular weight excluding hydrogens is 580 g/mol. The molecule has 0 spiro atoms. The molecule has 244 valence electrons. The first-order valence-corrected chi connectivity index (χ1v) is 15.2. The molecule has 0 unspecified atom stereocenters. The quantitative estimate of drug-likeness (QED) is 0.0909. The molecule has 2 aromatic carbocycles. The Bertz CT molecular complexity index is 1130. The van der Waals surface area contributed by atoms with Crippen molar-refractivity contribution >= 4 is 22.3 Å². The molecule has 0 atom stereocenters. The third-order valence-corrected chi connectivity index (χ3v) is 4.75. The molecule has 0 aliphatic rings. The first-order valence-electron chi connectivity index (χ1n) is 13.9. The first-order chi connectivity index (χ1) is 20.3. The normalized spacial score (nSPS) is 10.2. The lowest BCUT2D eigenvalue weighted by atomic mass is 10.2. The fraction of sp³-hybridized carbons (Fsp3) is 0.500. The third-order valence-electron chi connectivity index (χ3n) is 4.75. The van der Waals surface area contributed by atoms with Gasteiger partial charge in [-0.1, -0.05) is 39.8 Å². The van der Waals surface area contributed by atoms with Crippen molar-refractivity contribution in [1.82, 2.24) is 0 Å². The number of nitrogens with two attached hydrogens (primary N) is 4. The Morgan fingerprint density at radius 2 is 0.884 bits per heavy atom. The molecule has 14 nitrogen and oxygen atoms in total. The van der Waals surface area contributed by atoms with Gasteiger partial charge in [0.15, 0.2) is 34.9 Å². The van der Waals surface area contributed by atoms with Crippen molar-refractivity contribution in [2.45, 2.75) is 66.5 Å². The molecule has 2 aromatic rings. The maximum absolute atomic E-state index is 8.52. The Labute approximate surface area is 255 Å². The SMILES string of the molecule is CCCOc1ccc(CN=C(N)N)cc1OCCC.CCCOc1ccc(CN=C(N)N)cc1OCCC.O=S(=O)([O-])[O-]. The average Bonchev–Trinajstić information content (AvgIpc) is 2.94. The van der Waals surface area contributed by atoms with Gasteiger partial charge in [0.2, 0.25) is 0 Å². The van der Waals surface area contributed by atoms with Crippen LogP contribution in [0.25, 0.3) is 0 Å². The van der Waals surface area contributed by atoms with E-state index in [4.69, 9.17) is 59.4 Å². The molecule has 0 aromatic heterocycles. The van der Waals surface area contributed by atoms with Crippen molar-refractivity contribution in [3.05, 3.63) is 47.5 Å². The van der Waals surface area contributed by atoms with Gasteiger partial charge in [0.1, 0.15) is 0 Å². The lowest BCUT2D eigenvalue weighted by Crippen LogP contribution is -2.22. The van der Waals surface area contributed by atoms with Crippen molar-refractivity contribution < 1.29 is 36.5 Å². The number of guanidine groups is 2. The van der Waals surface area contributed by atoms with Crippen LogP contribution in [0.1, 0.15) is 64.5 Å². The minimum absolute atomic E-state index is 0.0855. The van der Waals surface area contributed by atoms with Crippen molar-refractivity contribution in [1.29, 1.82) is 0 Å². The van der Waals surface area contributed by atoms with Crippen LogP contribution in [0.3, 0.4) is 0 Å². The number of aliphatic imine (C=N–C) groups is 2. The predicted octanol–water partition coefficient (Wildman–Crippen LogP) is 2.74. The minimum atomic E-state index is -5.17. The Kier molecular flexibility index (Phi) is 20.5. The summed E-state index contributed by atoms with van der Waals surface area (Å²) in [5.41, 5.74) is 23.3. The van der Waals surface area contributed by atoms with Gasteiger partial charge in [-0.3, -0.25) is 8.42 Å². The second-order valence-electron chi connectivity index (χ2n) is 8.85. The number of ether oxygens (including phenoxy) is 4. The monoisotopic (exact) mass is 626 g/mol. The zero-order chi connectivity index (χ0) is 32.7. The molecule has 15 heteroatoms. The van der Waals surface area contributed by atoms with E-state index in [1.807, 2.05) is 36.4 Å². The Hall–Kier alpha value is -3.95. The van der Waals surface area contributed by atoms with E-state index in [1.165, 1.54) is 0 Å². The smallest absolute Gasteiger partial charge is 0.186 e. The summed E-state index contributed by atoms with van der Waals surface area (Å²) in [5.74, 6) is 3.20. The lowest BCUT2D eigenvalue weighted by Gasteiger charge is -2.13. The van der Waals surface area contributed by atoms with Crippen LogP contribution >= 0.6 is 0 Å². The Morgan fingerprint density at radius 3 is 1.14 bits per heavy atom. The van der Waals surface area contributed by atoms with Gasteiger partial charge in [-0.05, 0) is 61.1 Å². The second-order valence-corrected chi connectivity index (χ2v) is 9.66. The summed E-state index contributed by atoms with van der Waals surface area (Å²) < 4.78 is 56.8. The standard InChI is InChI=1S/2C14H23N3O2.H2O4S/c2*1-3-7-18-12-6-5-11(10-17-14(15)16)9-13(12)19-8-4-2;1-5(2,3)4/h2*5-6,9H,3-4,7-8,10H2,1-2H3,(H4,15,16,17);(H2,1,2,3,4)/p-2. The number of hydrogen-bond acceptors (Lipinski definition) is 10. The molecule has 43 heavy (non-hydrogen) atoms. The molecule has 0 heterocycles. The van der Waals surface area contributed by atoms with Crippen LogP contribution in [0, 0.1) is 0 Å². The van der Waals surface area contributed by atoms with Gasteiger partial charge in [-0.25, -0.2) is 9.98 Å². The highest BCUT2D eigenvalue weighted by atomic mass is 32.3. The molecule has 0 saturated heterocycles. The van der Waals surface area contributed by atoms with Crippen molar-refractivity contribution in [3.8, 4) is 23.0 Å². The molecule has 0 saturated carbocycles. The second kappa shape index (κ2) is 22.6. The summed E-state index contributed by atoms with van der Waals surface area (Å²) >= 11 is 0. The molecule has 0 aliphatic carbocycles. The fourth-order valence-electron chi connectivity index (χ4n) is 2.98. The van der Waals surface area contributed by atoms with E-state index in [9.17, 15) is 0 Å². The van der Waals surface area contributed by atoms with Gasteiger partial charge in [0.05, 0.1) is 39.5 Å². The predicted molar refractivity (Wildman–Crippen MR) is 166 cm³/mol. The summed E-state index contributed by atoms with van der Waals surface area (Å²) in [4.78, 5) is 7.97. The van der Waals surface area contributed by atoms with Crippen LogP contribution in [-0.4, -0.2) is 55.9 Å². The Morgan fingerprint density at radius 1 is 0.605 bits per heavy atom. The van der Waals surface area contributed by atoms with E-state index in [0.717, 1.165) is 59.8 Å². The highest BCUT2D eigenvalue weighted by Crippen LogP contribution is 2.30. The van der Waals surface area contributed by atoms with Crippen molar-refractivity contribution in [3.63, 3.8) is 0 Å². The largest absolute Gasteiger partial charge is 0.759 e. The summed E-state index contributed by atoms with van der Waals surface area (Å²) in [6.45, 7) is 11.8. The van der Waals surface area contributed by atoms with Crippen LogP contribution in [0.4, 0.5) is 0 Å². The minimum Gasteiger partial charge on any atom is -0.759 e. The number of benzene rings is 2. The van der Waals surface area contributed by atoms with Gasteiger partial charge in [-0.2, -0.15) is 0 Å². The molecule has 0 fully saturated rings. The zero-order valence-electron chi connectivity index (χ0n) is 25.4. The third kappa shape index (κ3) is 21.4. The van der Waals surface area contributed by atoms with E-state index < -0.39 is 10.4 Å². The number of hydrogen-bond donors (Lipinski definition) is 4. The van der Waals surface area contributed by atoms with E-state index >= 15 is 0 Å². The highest BCUT2D eigenvalue weighted by Gasteiger charge is 2.08. The van der Waals surface area contributed by atoms with Crippen LogP contribution in [0.15, 0.2) is 46.4 Å². The first kappa shape index (κ1) is 39.0. The molecule has 0 aliphatic heterocycles.